The highest BCUT2D eigenvalue weighted by atomic mass is 16.5. The summed E-state index contributed by atoms with van der Waals surface area (Å²) in [6, 6.07) is 7.43. The van der Waals surface area contributed by atoms with Crippen molar-refractivity contribution < 1.29 is 9.53 Å². The Morgan fingerprint density at radius 2 is 2.29 bits per heavy atom. The number of hydrogen-bond donors (Lipinski definition) is 1. The van der Waals surface area contributed by atoms with E-state index in [1.54, 1.807) is 11.0 Å². The minimum atomic E-state index is -0.165. The molecule has 0 aliphatic carbocycles. The van der Waals surface area contributed by atoms with Crippen LogP contribution in [0.3, 0.4) is 0 Å². The third-order valence-corrected chi connectivity index (χ3v) is 3.08. The zero-order valence-electron chi connectivity index (χ0n) is 12.5. The second-order valence-electron chi connectivity index (χ2n) is 4.90. The molecule has 0 saturated heterocycles. The maximum atomic E-state index is 11.8. The van der Waals surface area contributed by atoms with Gasteiger partial charge in [-0.15, -0.1) is 0 Å². The highest BCUT2D eigenvalue weighted by molar-refractivity contribution is 5.92. The zero-order valence-corrected chi connectivity index (χ0v) is 12.5. The summed E-state index contributed by atoms with van der Waals surface area (Å²) < 4.78 is 7.04. The van der Waals surface area contributed by atoms with Gasteiger partial charge in [-0.1, -0.05) is 19.1 Å². The predicted octanol–water partition coefficient (Wildman–Crippen LogP) is 2.24. The maximum absolute atomic E-state index is 11.8. The van der Waals surface area contributed by atoms with Crippen molar-refractivity contribution >= 4 is 11.6 Å². The molecule has 0 aliphatic rings. The quantitative estimate of drug-likeness (QED) is 0.885. The summed E-state index contributed by atoms with van der Waals surface area (Å²) >= 11 is 0. The van der Waals surface area contributed by atoms with Crippen molar-refractivity contribution in [2.75, 3.05) is 11.9 Å². The fourth-order valence-corrected chi connectivity index (χ4v) is 1.74. The number of benzene rings is 1. The molecule has 2 rings (SSSR count). The van der Waals surface area contributed by atoms with Gasteiger partial charge in [0.2, 0.25) is 5.91 Å². The lowest BCUT2D eigenvalue weighted by atomic mass is 10.2. The fraction of sp³-hybridized carbons (Fsp3) is 0.400. The van der Waals surface area contributed by atoms with E-state index < -0.39 is 0 Å². The van der Waals surface area contributed by atoms with E-state index in [1.807, 2.05) is 45.2 Å². The van der Waals surface area contributed by atoms with Crippen LogP contribution in [0.2, 0.25) is 0 Å². The van der Waals surface area contributed by atoms with Gasteiger partial charge >= 0.3 is 0 Å². The van der Waals surface area contributed by atoms with Gasteiger partial charge in [0.25, 0.3) is 0 Å². The Labute approximate surface area is 124 Å². The summed E-state index contributed by atoms with van der Waals surface area (Å²) in [5, 5.41) is 7.05. The highest BCUT2D eigenvalue weighted by Crippen LogP contribution is 2.18. The first-order valence-electron chi connectivity index (χ1n) is 6.96. The first-order chi connectivity index (χ1) is 10.1. The van der Waals surface area contributed by atoms with E-state index in [0.29, 0.717) is 11.5 Å². The standard InChI is InChI=1S/C15H20N4O2/c1-4-11(2)21-9-14(20)17-13-7-5-6-12(8-13)15-16-10-19(3)18-15/h5-8,10-11H,4,9H2,1-3H3,(H,17,20)/t11-/m1/s1. The molecule has 0 bridgehead atoms. The molecule has 112 valence electrons. The molecule has 1 N–H and O–H groups in total. The molecule has 1 aromatic carbocycles. The molecule has 1 atom stereocenters. The molecule has 1 amide bonds. The van der Waals surface area contributed by atoms with E-state index in [-0.39, 0.29) is 18.6 Å². The highest BCUT2D eigenvalue weighted by Gasteiger charge is 2.08. The number of nitrogens with zero attached hydrogens (tertiary/aromatic N) is 3. The van der Waals surface area contributed by atoms with Crippen LogP contribution in [0.25, 0.3) is 11.4 Å². The lowest BCUT2D eigenvalue weighted by molar-refractivity contribution is -0.122. The lowest BCUT2D eigenvalue weighted by Gasteiger charge is -2.11. The number of anilines is 1. The predicted molar refractivity (Wildman–Crippen MR) is 80.8 cm³/mol. The van der Waals surface area contributed by atoms with Gasteiger partial charge in [-0.05, 0) is 25.5 Å². The summed E-state index contributed by atoms with van der Waals surface area (Å²) in [6.45, 7) is 4.02. The van der Waals surface area contributed by atoms with Crippen LogP contribution < -0.4 is 5.32 Å². The van der Waals surface area contributed by atoms with Crippen molar-refractivity contribution in [2.24, 2.45) is 7.05 Å². The molecule has 1 aromatic heterocycles. The first-order valence-corrected chi connectivity index (χ1v) is 6.96. The third kappa shape index (κ3) is 4.39. The van der Waals surface area contributed by atoms with Gasteiger partial charge < -0.3 is 10.1 Å². The third-order valence-electron chi connectivity index (χ3n) is 3.08. The lowest BCUT2D eigenvalue weighted by Crippen LogP contribution is -2.21. The minimum absolute atomic E-state index is 0.0566. The van der Waals surface area contributed by atoms with Crippen LogP contribution in [0, 0.1) is 0 Å². The molecule has 2 aromatic rings. The number of aryl methyl sites for hydroxylation is 1. The number of hydrogen-bond acceptors (Lipinski definition) is 4. The van der Waals surface area contributed by atoms with Crippen molar-refractivity contribution in [3.05, 3.63) is 30.6 Å². The van der Waals surface area contributed by atoms with Gasteiger partial charge in [0.15, 0.2) is 5.82 Å². The number of amides is 1. The number of aromatic nitrogens is 3. The summed E-state index contributed by atoms with van der Waals surface area (Å²) in [5.74, 6) is 0.464. The number of nitrogens with one attached hydrogen (secondary N) is 1. The topological polar surface area (TPSA) is 69.0 Å². The molecular formula is C15H20N4O2. The SMILES string of the molecule is CC[C@@H](C)OCC(=O)Nc1cccc(-c2ncn(C)n2)c1. The largest absolute Gasteiger partial charge is 0.369 e. The van der Waals surface area contributed by atoms with E-state index in [1.165, 1.54) is 0 Å². The van der Waals surface area contributed by atoms with Crippen molar-refractivity contribution in [3.8, 4) is 11.4 Å². The van der Waals surface area contributed by atoms with E-state index in [9.17, 15) is 4.79 Å². The average molecular weight is 288 g/mol. The summed E-state index contributed by atoms with van der Waals surface area (Å²) in [6.07, 6.45) is 2.61. The summed E-state index contributed by atoms with van der Waals surface area (Å²) in [7, 11) is 1.81. The van der Waals surface area contributed by atoms with Crippen LogP contribution in [0.15, 0.2) is 30.6 Å². The van der Waals surface area contributed by atoms with Gasteiger partial charge in [-0.25, -0.2) is 4.98 Å². The van der Waals surface area contributed by atoms with Crippen LogP contribution in [0.4, 0.5) is 5.69 Å². The van der Waals surface area contributed by atoms with Crippen LogP contribution in [0.1, 0.15) is 20.3 Å². The Morgan fingerprint density at radius 3 is 2.95 bits per heavy atom. The number of carbonyl (C=O) groups is 1. The van der Waals surface area contributed by atoms with Crippen molar-refractivity contribution in [2.45, 2.75) is 26.4 Å². The van der Waals surface area contributed by atoms with Gasteiger partial charge in [0.1, 0.15) is 12.9 Å². The summed E-state index contributed by atoms with van der Waals surface area (Å²) in [4.78, 5) is 16.0. The molecule has 0 saturated carbocycles. The summed E-state index contributed by atoms with van der Waals surface area (Å²) in [5.41, 5.74) is 1.56. The van der Waals surface area contributed by atoms with Crippen LogP contribution in [-0.2, 0) is 16.6 Å². The van der Waals surface area contributed by atoms with Gasteiger partial charge in [0, 0.05) is 18.3 Å². The molecule has 0 fully saturated rings. The Kier molecular flexibility index (Phi) is 5.05. The molecular weight excluding hydrogens is 268 g/mol. The second-order valence-corrected chi connectivity index (χ2v) is 4.90. The molecule has 0 unspecified atom stereocenters. The molecule has 6 heteroatoms. The molecule has 0 spiro atoms. The monoisotopic (exact) mass is 288 g/mol. The zero-order chi connectivity index (χ0) is 15.2. The van der Waals surface area contributed by atoms with Crippen molar-refractivity contribution in [3.63, 3.8) is 0 Å². The van der Waals surface area contributed by atoms with Crippen LogP contribution >= 0.6 is 0 Å². The van der Waals surface area contributed by atoms with Crippen LogP contribution in [-0.4, -0.2) is 33.4 Å². The van der Waals surface area contributed by atoms with Crippen LogP contribution in [0.5, 0.6) is 0 Å². The fourth-order valence-electron chi connectivity index (χ4n) is 1.74. The van der Waals surface area contributed by atoms with E-state index >= 15 is 0 Å². The smallest absolute Gasteiger partial charge is 0.250 e. The Hall–Kier alpha value is -2.21. The molecule has 21 heavy (non-hydrogen) atoms. The second kappa shape index (κ2) is 6.99. The van der Waals surface area contributed by atoms with Crippen molar-refractivity contribution in [1.82, 2.24) is 14.8 Å². The Bertz CT molecular complexity index is 609. The minimum Gasteiger partial charge on any atom is -0.369 e. The molecule has 0 radical (unpaired) electrons. The van der Waals surface area contributed by atoms with Gasteiger partial charge in [-0.3, -0.25) is 9.48 Å². The Morgan fingerprint density at radius 1 is 1.48 bits per heavy atom. The Balaban J connectivity index is 1.99. The molecule has 0 aliphatic heterocycles. The maximum Gasteiger partial charge on any atom is 0.250 e. The molecule has 6 nitrogen and oxygen atoms in total. The van der Waals surface area contributed by atoms with Gasteiger partial charge in [-0.2, -0.15) is 5.10 Å². The van der Waals surface area contributed by atoms with E-state index in [0.717, 1.165) is 12.0 Å². The van der Waals surface area contributed by atoms with Crippen molar-refractivity contribution in [1.29, 1.82) is 0 Å². The normalized spacial score (nSPS) is 12.1. The first kappa shape index (κ1) is 15.2. The van der Waals surface area contributed by atoms with Gasteiger partial charge in [0.05, 0.1) is 6.10 Å². The number of carbonyl (C=O) groups excluding carboxylic acids is 1. The number of rotatable bonds is 6. The molecule has 1 heterocycles. The number of ether oxygens (including phenoxy) is 1. The average Bonchev–Trinajstić information content (AvgIpc) is 2.91. The van der Waals surface area contributed by atoms with E-state index in [4.69, 9.17) is 4.74 Å². The van der Waals surface area contributed by atoms with E-state index in [2.05, 4.69) is 15.4 Å².